The molecule has 0 unspecified atom stereocenters. The first-order valence-electron chi connectivity index (χ1n) is 10.5. The molecule has 2 N–H and O–H groups in total. The van der Waals surface area contributed by atoms with Gasteiger partial charge in [0, 0.05) is 10.4 Å². The lowest BCUT2D eigenvalue weighted by Gasteiger charge is -2.33. The van der Waals surface area contributed by atoms with Crippen LogP contribution in [0.25, 0.3) is 0 Å². The first-order chi connectivity index (χ1) is 14.6. The van der Waals surface area contributed by atoms with Crippen molar-refractivity contribution in [2.45, 2.75) is 60.0 Å². The fraction of sp³-hybridized carbons (Fsp3) is 0.458. The number of thiophene rings is 1. The van der Waals surface area contributed by atoms with Gasteiger partial charge in [0.2, 0.25) is 0 Å². The Morgan fingerprint density at radius 2 is 1.97 bits per heavy atom. The molecule has 3 rings (SSSR count). The zero-order chi connectivity index (χ0) is 22.8. The van der Waals surface area contributed by atoms with Crippen LogP contribution in [0, 0.1) is 22.7 Å². The number of fused-ring (bicyclic) bond motifs is 1. The summed E-state index contributed by atoms with van der Waals surface area (Å²) in [5.74, 6) is 0.997. The summed E-state index contributed by atoms with van der Waals surface area (Å²) in [6.45, 7) is 10.7. The lowest BCUT2D eigenvalue weighted by Crippen LogP contribution is -2.34. The van der Waals surface area contributed by atoms with Gasteiger partial charge in [0.1, 0.15) is 16.8 Å². The van der Waals surface area contributed by atoms with E-state index in [0.29, 0.717) is 27.8 Å². The fourth-order valence-electron chi connectivity index (χ4n) is 3.80. The number of amides is 1. The molecule has 0 spiro atoms. The molecule has 0 saturated carbocycles. The van der Waals surface area contributed by atoms with E-state index in [1.54, 1.807) is 35.6 Å². The monoisotopic (exact) mass is 455 g/mol. The van der Waals surface area contributed by atoms with Gasteiger partial charge >= 0.3 is 0 Å². The summed E-state index contributed by atoms with van der Waals surface area (Å²) in [5, 5.41) is 16.4. The van der Waals surface area contributed by atoms with E-state index in [-0.39, 0.29) is 22.5 Å². The van der Waals surface area contributed by atoms with Gasteiger partial charge in [-0.15, -0.1) is 11.3 Å². The molecule has 164 valence electrons. The third kappa shape index (κ3) is 5.63. The number of carbonyl (C=O) groups excluding carboxylic acids is 1. The molecule has 0 radical (unpaired) electrons. The van der Waals surface area contributed by atoms with Crippen LogP contribution in [0.4, 0.5) is 5.00 Å². The first-order valence-corrected chi connectivity index (χ1v) is 11.7. The summed E-state index contributed by atoms with van der Waals surface area (Å²) < 4.78 is 5.60. The quantitative estimate of drug-likeness (QED) is 0.580. The van der Waals surface area contributed by atoms with Crippen LogP contribution in [0.2, 0.25) is 0 Å². The average Bonchev–Trinajstić information content (AvgIpc) is 3.03. The first kappa shape index (κ1) is 23.2. The highest BCUT2D eigenvalue weighted by atomic mass is 32.1. The van der Waals surface area contributed by atoms with Gasteiger partial charge in [-0.3, -0.25) is 10.1 Å². The number of nitriles is 1. The number of thiocarbonyl (C=S) groups is 1. The molecule has 2 aromatic rings. The van der Waals surface area contributed by atoms with Crippen LogP contribution in [-0.2, 0) is 12.8 Å². The van der Waals surface area contributed by atoms with Crippen molar-refractivity contribution in [3.8, 4) is 11.8 Å². The molecule has 31 heavy (non-hydrogen) atoms. The van der Waals surface area contributed by atoms with E-state index in [0.717, 1.165) is 24.8 Å². The molecule has 0 saturated heterocycles. The molecule has 1 aliphatic rings. The third-order valence-electron chi connectivity index (χ3n) is 5.54. The number of ether oxygens (including phenoxy) is 1. The summed E-state index contributed by atoms with van der Waals surface area (Å²) in [6, 6.07) is 9.26. The van der Waals surface area contributed by atoms with Crippen molar-refractivity contribution in [1.82, 2.24) is 5.32 Å². The minimum Gasteiger partial charge on any atom is -0.491 e. The smallest absolute Gasteiger partial charge is 0.257 e. The Balaban J connectivity index is 1.68. The van der Waals surface area contributed by atoms with E-state index in [1.807, 2.05) is 13.8 Å². The van der Waals surface area contributed by atoms with Gasteiger partial charge in [-0.1, -0.05) is 20.8 Å². The van der Waals surface area contributed by atoms with Gasteiger partial charge in [0.25, 0.3) is 5.91 Å². The number of hydrogen-bond acceptors (Lipinski definition) is 5. The molecule has 1 atom stereocenters. The maximum Gasteiger partial charge on any atom is 0.257 e. The number of carbonyl (C=O) groups is 1. The number of rotatable bonds is 4. The van der Waals surface area contributed by atoms with Crippen molar-refractivity contribution in [1.29, 1.82) is 5.26 Å². The predicted octanol–water partition coefficient (Wildman–Crippen LogP) is 5.68. The number of hydrogen-bond donors (Lipinski definition) is 2. The van der Waals surface area contributed by atoms with E-state index in [9.17, 15) is 10.1 Å². The van der Waals surface area contributed by atoms with E-state index in [1.165, 1.54) is 4.88 Å². The summed E-state index contributed by atoms with van der Waals surface area (Å²) >= 11 is 6.93. The van der Waals surface area contributed by atoms with E-state index < -0.39 is 0 Å². The Kier molecular flexibility index (Phi) is 7.03. The predicted molar refractivity (Wildman–Crippen MR) is 130 cm³/mol. The highest BCUT2D eigenvalue weighted by Crippen LogP contribution is 2.43. The summed E-state index contributed by atoms with van der Waals surface area (Å²) in [6.07, 6.45) is 3.03. The SMILES string of the molecule is CC(C)Oc1ccc(C(=O)NC(=S)Nc2sc3c(c2C#N)CC[C@@H](C(C)(C)C)C3)cc1. The van der Waals surface area contributed by atoms with Crippen molar-refractivity contribution in [2.75, 3.05) is 5.32 Å². The molecule has 1 aliphatic carbocycles. The Bertz CT molecular complexity index is 1010. The zero-order valence-corrected chi connectivity index (χ0v) is 20.3. The van der Waals surface area contributed by atoms with E-state index in [2.05, 4.69) is 37.5 Å². The normalized spacial score (nSPS) is 15.7. The molecule has 0 aliphatic heterocycles. The Morgan fingerprint density at radius 1 is 1.29 bits per heavy atom. The van der Waals surface area contributed by atoms with Crippen LogP contribution in [-0.4, -0.2) is 17.1 Å². The molecule has 7 heteroatoms. The number of anilines is 1. The number of nitrogens with one attached hydrogen (secondary N) is 2. The van der Waals surface area contributed by atoms with Gasteiger partial charge in [0.15, 0.2) is 5.11 Å². The van der Waals surface area contributed by atoms with E-state index >= 15 is 0 Å². The summed E-state index contributed by atoms with van der Waals surface area (Å²) in [5.41, 5.74) is 2.50. The average molecular weight is 456 g/mol. The van der Waals surface area contributed by atoms with Crippen molar-refractivity contribution < 1.29 is 9.53 Å². The van der Waals surface area contributed by atoms with Crippen LogP contribution < -0.4 is 15.4 Å². The molecule has 0 fully saturated rings. The highest BCUT2D eigenvalue weighted by molar-refractivity contribution is 7.80. The molecule has 1 aromatic carbocycles. The minimum absolute atomic E-state index is 0.0704. The summed E-state index contributed by atoms with van der Waals surface area (Å²) in [4.78, 5) is 13.8. The van der Waals surface area contributed by atoms with Crippen LogP contribution >= 0.6 is 23.6 Å². The molecule has 5 nitrogen and oxygen atoms in total. The standard InChI is InChI=1S/C24H29N3O2S2/c1-14(2)29-17-9-6-15(7-10-17)21(28)26-23(30)27-22-19(13-25)18-11-8-16(24(3,4)5)12-20(18)31-22/h6-7,9-10,14,16H,8,11-12H2,1-5H3,(H2,26,27,28,30)/t16-/m1/s1. The van der Waals surface area contributed by atoms with Crippen molar-refractivity contribution in [2.24, 2.45) is 11.3 Å². The number of benzene rings is 1. The molecule has 1 heterocycles. The van der Waals surface area contributed by atoms with Crippen molar-refractivity contribution in [3.63, 3.8) is 0 Å². The van der Waals surface area contributed by atoms with Crippen LogP contribution in [0.15, 0.2) is 24.3 Å². The second kappa shape index (κ2) is 9.37. The lowest BCUT2D eigenvalue weighted by atomic mass is 9.72. The highest BCUT2D eigenvalue weighted by Gasteiger charge is 2.32. The lowest BCUT2D eigenvalue weighted by molar-refractivity contribution is 0.0977. The van der Waals surface area contributed by atoms with Crippen molar-refractivity contribution in [3.05, 3.63) is 45.8 Å². The van der Waals surface area contributed by atoms with Crippen LogP contribution in [0.3, 0.4) is 0 Å². The second-order valence-corrected chi connectivity index (χ2v) is 10.7. The maximum absolute atomic E-state index is 12.5. The summed E-state index contributed by atoms with van der Waals surface area (Å²) in [7, 11) is 0. The van der Waals surface area contributed by atoms with Crippen LogP contribution in [0.5, 0.6) is 5.75 Å². The molecule has 0 bridgehead atoms. The molecule has 1 aromatic heterocycles. The molecule has 1 amide bonds. The molecular formula is C24H29N3O2S2. The molecular weight excluding hydrogens is 426 g/mol. The Morgan fingerprint density at radius 3 is 2.55 bits per heavy atom. The van der Waals surface area contributed by atoms with Gasteiger partial charge in [-0.05, 0) is 86.5 Å². The second-order valence-electron chi connectivity index (χ2n) is 9.22. The minimum atomic E-state index is -0.304. The fourth-order valence-corrected chi connectivity index (χ4v) is 5.34. The number of nitrogens with zero attached hydrogens (tertiary/aromatic N) is 1. The largest absolute Gasteiger partial charge is 0.491 e. The third-order valence-corrected chi connectivity index (χ3v) is 6.92. The van der Waals surface area contributed by atoms with Gasteiger partial charge in [-0.25, -0.2) is 0 Å². The van der Waals surface area contributed by atoms with Crippen molar-refractivity contribution >= 4 is 39.6 Å². The maximum atomic E-state index is 12.5. The van der Waals surface area contributed by atoms with Gasteiger partial charge < -0.3 is 10.1 Å². The topological polar surface area (TPSA) is 74.2 Å². The Hall–Kier alpha value is -2.43. The van der Waals surface area contributed by atoms with Gasteiger partial charge in [-0.2, -0.15) is 5.26 Å². The van der Waals surface area contributed by atoms with Crippen LogP contribution in [0.1, 0.15) is 67.4 Å². The van der Waals surface area contributed by atoms with Gasteiger partial charge in [0.05, 0.1) is 11.7 Å². The Labute approximate surface area is 193 Å². The zero-order valence-electron chi connectivity index (χ0n) is 18.7. The van der Waals surface area contributed by atoms with E-state index in [4.69, 9.17) is 17.0 Å².